The summed E-state index contributed by atoms with van der Waals surface area (Å²) in [4.78, 5) is 0. The molecule has 0 saturated carbocycles. The van der Waals surface area contributed by atoms with Gasteiger partial charge >= 0.3 is 0 Å². The lowest BCUT2D eigenvalue weighted by molar-refractivity contribution is -0.462. The summed E-state index contributed by atoms with van der Waals surface area (Å²) in [5.74, 6) is 0. The molecule has 1 heterocycles. The van der Waals surface area contributed by atoms with E-state index >= 15 is 0 Å². The molecule has 2 aliphatic rings. The van der Waals surface area contributed by atoms with Gasteiger partial charge in [-0.25, -0.2) is 4.58 Å². The van der Waals surface area contributed by atoms with Gasteiger partial charge in [0.2, 0.25) is 0 Å². The van der Waals surface area contributed by atoms with Gasteiger partial charge in [0, 0.05) is 12.2 Å². The lowest BCUT2D eigenvalue weighted by Gasteiger charge is -2.01. The van der Waals surface area contributed by atoms with Crippen LogP contribution in [0.4, 0.5) is 0 Å². The van der Waals surface area contributed by atoms with Gasteiger partial charge in [-0.3, -0.25) is 0 Å². The lowest BCUT2D eigenvalue weighted by atomic mass is 10.1. The number of ether oxygens (including phenoxy) is 1. The molecule has 1 aliphatic carbocycles. The molecule has 0 aromatic carbocycles. The van der Waals surface area contributed by atoms with Crippen molar-refractivity contribution in [1.82, 2.24) is 0 Å². The van der Waals surface area contributed by atoms with Gasteiger partial charge in [-0.1, -0.05) is 12.2 Å². The van der Waals surface area contributed by atoms with Gasteiger partial charge < -0.3 is 4.74 Å². The molecule has 0 unspecified atom stereocenters. The summed E-state index contributed by atoms with van der Waals surface area (Å²) in [7, 11) is 4.08. The van der Waals surface area contributed by atoms with Gasteiger partial charge in [0.25, 0.3) is 0 Å². The predicted molar refractivity (Wildman–Crippen MR) is 70.9 cm³/mol. The molecule has 0 bridgehead atoms. The minimum absolute atomic E-state index is 1.13. The smallest absolute Gasteiger partial charge is 0.199 e. The molecular formula is C15H16NO+. The fraction of sp³-hybridized carbons (Fsp3) is 0.133. The quantitative estimate of drug-likeness (QED) is 0.626. The van der Waals surface area contributed by atoms with E-state index in [4.69, 9.17) is 4.74 Å². The third kappa shape index (κ3) is 3.18. The largest absolute Gasteiger partial charge is 0.473 e. The Morgan fingerprint density at radius 3 is 1.88 bits per heavy atom. The molecule has 0 spiro atoms. The van der Waals surface area contributed by atoms with E-state index in [9.17, 15) is 0 Å². The molecule has 0 fully saturated rings. The maximum atomic E-state index is 4.97. The minimum atomic E-state index is 1.13. The van der Waals surface area contributed by atoms with Crippen LogP contribution in [0.15, 0.2) is 72.3 Å². The van der Waals surface area contributed by atoms with Crippen LogP contribution >= 0.6 is 0 Å². The van der Waals surface area contributed by atoms with E-state index in [1.807, 2.05) is 26.2 Å². The van der Waals surface area contributed by atoms with Crippen molar-refractivity contribution in [3.05, 3.63) is 72.3 Å². The molecule has 2 rings (SSSR count). The Morgan fingerprint density at radius 1 is 0.824 bits per heavy atom. The van der Waals surface area contributed by atoms with E-state index in [0.29, 0.717) is 0 Å². The molecule has 2 heteroatoms. The van der Waals surface area contributed by atoms with Crippen molar-refractivity contribution in [1.29, 1.82) is 0 Å². The standard InChI is InChI=1S/C15H16NO/c1-16(2)15-7-5-13(6-8-15)3-4-14-9-11-17-12-10-14/h3-12H,1-2H3/q+1. The van der Waals surface area contributed by atoms with Crippen LogP contribution in [-0.2, 0) is 4.74 Å². The first-order valence-corrected chi connectivity index (χ1v) is 5.57. The van der Waals surface area contributed by atoms with Crippen LogP contribution < -0.4 is 0 Å². The second kappa shape index (κ2) is 5.30. The normalized spacial score (nSPS) is 17.2. The first-order valence-electron chi connectivity index (χ1n) is 5.57. The highest BCUT2D eigenvalue weighted by molar-refractivity contribution is 6.02. The Kier molecular flexibility index (Phi) is 3.55. The summed E-state index contributed by atoms with van der Waals surface area (Å²) in [6.07, 6.45) is 19.8. The minimum Gasteiger partial charge on any atom is -0.473 e. The third-order valence-corrected chi connectivity index (χ3v) is 2.56. The van der Waals surface area contributed by atoms with Crippen LogP contribution in [0.1, 0.15) is 0 Å². The molecule has 0 aromatic heterocycles. The highest BCUT2D eigenvalue weighted by Gasteiger charge is 2.02. The lowest BCUT2D eigenvalue weighted by Crippen LogP contribution is -2.09. The first-order chi connectivity index (χ1) is 8.25. The summed E-state index contributed by atoms with van der Waals surface area (Å²) in [5.41, 5.74) is 3.53. The van der Waals surface area contributed by atoms with Gasteiger partial charge in [-0.15, -0.1) is 0 Å². The van der Waals surface area contributed by atoms with Crippen molar-refractivity contribution in [2.24, 2.45) is 0 Å². The van der Waals surface area contributed by atoms with Gasteiger partial charge in [-0.05, 0) is 35.5 Å². The number of rotatable bonds is 1. The number of hydrogen-bond donors (Lipinski definition) is 0. The maximum absolute atomic E-state index is 4.97. The fourth-order valence-corrected chi connectivity index (χ4v) is 1.52. The van der Waals surface area contributed by atoms with Crippen LogP contribution in [0.2, 0.25) is 0 Å². The van der Waals surface area contributed by atoms with Crippen molar-refractivity contribution in [2.45, 2.75) is 0 Å². The van der Waals surface area contributed by atoms with E-state index in [0.717, 1.165) is 5.57 Å². The van der Waals surface area contributed by atoms with Gasteiger partial charge in [-0.2, -0.15) is 0 Å². The zero-order chi connectivity index (χ0) is 12.1. The van der Waals surface area contributed by atoms with Crippen LogP contribution in [0, 0.1) is 0 Å². The highest BCUT2D eigenvalue weighted by atomic mass is 16.5. The van der Waals surface area contributed by atoms with E-state index in [1.165, 1.54) is 11.3 Å². The summed E-state index contributed by atoms with van der Waals surface area (Å²) >= 11 is 0. The molecule has 17 heavy (non-hydrogen) atoms. The summed E-state index contributed by atoms with van der Waals surface area (Å²) in [5, 5.41) is 0. The number of allylic oxidation sites excluding steroid dienone is 10. The van der Waals surface area contributed by atoms with Crippen molar-refractivity contribution in [3.8, 4) is 0 Å². The Hall–Kier alpha value is -2.09. The van der Waals surface area contributed by atoms with Crippen LogP contribution in [-0.4, -0.2) is 24.4 Å². The second-order valence-electron chi connectivity index (χ2n) is 4.06. The Bertz CT molecular complexity index is 475. The third-order valence-electron chi connectivity index (χ3n) is 2.56. The number of nitrogens with zero attached hydrogens (tertiary/aromatic N) is 1. The van der Waals surface area contributed by atoms with Crippen LogP contribution in [0.3, 0.4) is 0 Å². The van der Waals surface area contributed by atoms with E-state index in [1.54, 1.807) is 12.5 Å². The molecule has 2 nitrogen and oxygen atoms in total. The van der Waals surface area contributed by atoms with E-state index < -0.39 is 0 Å². The molecular weight excluding hydrogens is 210 g/mol. The fourth-order valence-electron chi connectivity index (χ4n) is 1.52. The topological polar surface area (TPSA) is 12.2 Å². The number of hydrogen-bond acceptors (Lipinski definition) is 1. The van der Waals surface area contributed by atoms with Crippen molar-refractivity contribution in [3.63, 3.8) is 0 Å². The Labute approximate surface area is 102 Å². The van der Waals surface area contributed by atoms with E-state index in [2.05, 4.69) is 41.0 Å². The zero-order valence-electron chi connectivity index (χ0n) is 10.1. The summed E-state index contributed by atoms with van der Waals surface area (Å²) in [6.45, 7) is 0. The van der Waals surface area contributed by atoms with Crippen LogP contribution in [0.25, 0.3) is 0 Å². The van der Waals surface area contributed by atoms with Crippen molar-refractivity contribution < 1.29 is 9.31 Å². The molecule has 0 saturated heterocycles. The SMILES string of the molecule is C[N+](C)=C1C=CC(=CC=C2C=COC=C2)C=C1. The Balaban J connectivity index is 2.11. The monoisotopic (exact) mass is 226 g/mol. The van der Waals surface area contributed by atoms with Gasteiger partial charge in [0.15, 0.2) is 5.71 Å². The van der Waals surface area contributed by atoms with Crippen LogP contribution in [0.5, 0.6) is 0 Å². The Morgan fingerprint density at radius 2 is 1.35 bits per heavy atom. The highest BCUT2D eigenvalue weighted by Crippen LogP contribution is 2.10. The summed E-state index contributed by atoms with van der Waals surface area (Å²) < 4.78 is 7.06. The van der Waals surface area contributed by atoms with Gasteiger partial charge in [0.05, 0.1) is 12.5 Å². The van der Waals surface area contributed by atoms with Crippen molar-refractivity contribution in [2.75, 3.05) is 14.1 Å². The van der Waals surface area contributed by atoms with Crippen molar-refractivity contribution >= 4 is 5.71 Å². The molecule has 0 N–H and O–H groups in total. The molecule has 0 aromatic rings. The molecule has 86 valence electrons. The molecule has 0 radical (unpaired) electrons. The molecule has 1 aliphatic heterocycles. The van der Waals surface area contributed by atoms with Gasteiger partial charge in [0.1, 0.15) is 14.1 Å². The second-order valence-corrected chi connectivity index (χ2v) is 4.06. The summed E-state index contributed by atoms with van der Waals surface area (Å²) in [6, 6.07) is 0. The molecule has 0 amide bonds. The zero-order valence-corrected chi connectivity index (χ0v) is 10.1. The predicted octanol–water partition coefficient (Wildman–Crippen LogP) is 2.74. The molecule has 0 atom stereocenters. The van der Waals surface area contributed by atoms with E-state index in [-0.39, 0.29) is 0 Å². The maximum Gasteiger partial charge on any atom is 0.199 e. The first kappa shape index (κ1) is 11.4. The average Bonchev–Trinajstić information content (AvgIpc) is 2.38. The average molecular weight is 226 g/mol.